The zero-order chi connectivity index (χ0) is 18.4. The molecule has 0 aliphatic rings. The number of hydrogen-bond acceptors (Lipinski definition) is 4. The first-order valence-corrected chi connectivity index (χ1v) is 8.92. The number of benzene rings is 1. The fourth-order valence-corrected chi connectivity index (χ4v) is 3.80. The normalized spacial score (nSPS) is 10.6. The number of carbonyl (C=O) groups is 2. The van der Waals surface area contributed by atoms with E-state index in [9.17, 15) is 9.59 Å². The molecule has 0 saturated heterocycles. The number of hydrogen-bond donors (Lipinski definition) is 3. The Kier molecular flexibility index (Phi) is 6.44. The van der Waals surface area contributed by atoms with Crippen LogP contribution in [0.2, 0.25) is 0 Å². The van der Waals surface area contributed by atoms with Crippen molar-refractivity contribution in [1.82, 2.24) is 5.32 Å². The van der Waals surface area contributed by atoms with Crippen LogP contribution in [0.3, 0.4) is 0 Å². The molecular formula is C18H19N3O2S2. The maximum atomic E-state index is 12.0. The smallest absolute Gasteiger partial charge is 0.251 e. The maximum absolute atomic E-state index is 12.0. The van der Waals surface area contributed by atoms with Gasteiger partial charge < -0.3 is 11.1 Å². The summed E-state index contributed by atoms with van der Waals surface area (Å²) in [6.07, 6.45) is 3.79. The number of thiocarbonyl (C=S) groups is 1. The third-order valence-electron chi connectivity index (χ3n) is 3.50. The second-order valence-electron chi connectivity index (χ2n) is 5.25. The van der Waals surface area contributed by atoms with Crippen molar-refractivity contribution < 1.29 is 9.59 Å². The van der Waals surface area contributed by atoms with Crippen LogP contribution in [-0.4, -0.2) is 16.9 Å². The van der Waals surface area contributed by atoms with Crippen LogP contribution < -0.4 is 16.4 Å². The van der Waals surface area contributed by atoms with Crippen LogP contribution in [0.4, 0.5) is 5.00 Å². The molecule has 2 amide bonds. The number of nitrogens with one attached hydrogen (secondary N) is 2. The topological polar surface area (TPSA) is 84.2 Å². The highest BCUT2D eigenvalue weighted by Crippen LogP contribution is 2.33. The summed E-state index contributed by atoms with van der Waals surface area (Å²) in [4.78, 5) is 24.7. The lowest BCUT2D eigenvalue weighted by atomic mass is 10.1. The lowest BCUT2D eigenvalue weighted by molar-refractivity contribution is -0.115. The van der Waals surface area contributed by atoms with Crippen LogP contribution in [0.15, 0.2) is 36.4 Å². The highest BCUT2D eigenvalue weighted by Gasteiger charge is 2.19. The number of amides is 2. The van der Waals surface area contributed by atoms with Gasteiger partial charge in [0, 0.05) is 11.0 Å². The molecule has 0 atom stereocenters. The molecule has 1 aromatic carbocycles. The van der Waals surface area contributed by atoms with Crippen LogP contribution in [-0.2, 0) is 11.2 Å². The van der Waals surface area contributed by atoms with Crippen molar-refractivity contribution >= 4 is 51.6 Å². The average Bonchev–Trinajstić information content (AvgIpc) is 2.89. The number of carbonyl (C=O) groups excluding carboxylic acids is 2. The van der Waals surface area contributed by atoms with Crippen LogP contribution in [0.25, 0.3) is 6.08 Å². The summed E-state index contributed by atoms with van der Waals surface area (Å²) in [6.45, 7) is 3.88. The standard InChI is InChI=1S/C18H19N3O2S2/c1-3-13-11(2)25-17(15(13)16(19)23)21-18(24)20-14(22)10-9-12-7-5-4-6-8-12/h4-10H,3H2,1-2H3,(H2,19,23)(H2,20,21,22,24)/b10-9+. The molecule has 1 aromatic heterocycles. The molecule has 2 aromatic rings. The molecule has 0 saturated carbocycles. The molecule has 0 aliphatic heterocycles. The van der Waals surface area contributed by atoms with E-state index in [2.05, 4.69) is 10.6 Å². The number of anilines is 1. The Bertz CT molecular complexity index is 826. The molecule has 5 nitrogen and oxygen atoms in total. The van der Waals surface area contributed by atoms with Crippen molar-refractivity contribution in [2.24, 2.45) is 5.73 Å². The first-order chi connectivity index (χ1) is 11.9. The Balaban J connectivity index is 2.04. The largest absolute Gasteiger partial charge is 0.365 e. The average molecular weight is 374 g/mol. The Hall–Kier alpha value is -2.51. The molecule has 7 heteroatoms. The Morgan fingerprint density at radius 2 is 1.96 bits per heavy atom. The minimum Gasteiger partial charge on any atom is -0.365 e. The van der Waals surface area contributed by atoms with Crippen molar-refractivity contribution in [1.29, 1.82) is 0 Å². The highest BCUT2D eigenvalue weighted by molar-refractivity contribution is 7.80. The number of thiophene rings is 1. The summed E-state index contributed by atoms with van der Waals surface area (Å²) in [5.41, 5.74) is 7.72. The molecule has 0 aliphatic carbocycles. The molecule has 130 valence electrons. The zero-order valence-corrected chi connectivity index (χ0v) is 15.6. The van der Waals surface area contributed by atoms with Gasteiger partial charge in [0.1, 0.15) is 5.00 Å². The molecule has 0 bridgehead atoms. The maximum Gasteiger partial charge on any atom is 0.251 e. The third-order valence-corrected chi connectivity index (χ3v) is 4.77. The molecule has 25 heavy (non-hydrogen) atoms. The van der Waals surface area contributed by atoms with Crippen molar-refractivity contribution in [2.75, 3.05) is 5.32 Å². The quantitative estimate of drug-likeness (QED) is 0.555. The molecule has 4 N–H and O–H groups in total. The Morgan fingerprint density at radius 3 is 2.56 bits per heavy atom. The van der Waals surface area contributed by atoms with E-state index in [-0.39, 0.29) is 11.0 Å². The number of primary amides is 1. The molecular weight excluding hydrogens is 354 g/mol. The molecule has 0 spiro atoms. The van der Waals surface area contributed by atoms with E-state index >= 15 is 0 Å². The van der Waals surface area contributed by atoms with Crippen LogP contribution in [0, 0.1) is 6.92 Å². The lowest BCUT2D eigenvalue weighted by Gasteiger charge is -2.08. The van der Waals surface area contributed by atoms with Gasteiger partial charge in [-0.2, -0.15) is 0 Å². The van der Waals surface area contributed by atoms with Gasteiger partial charge in [0.2, 0.25) is 5.91 Å². The van der Waals surface area contributed by atoms with Crippen molar-refractivity contribution in [3.8, 4) is 0 Å². The van der Waals surface area contributed by atoms with Crippen molar-refractivity contribution in [3.63, 3.8) is 0 Å². The molecule has 0 fully saturated rings. The van der Waals surface area contributed by atoms with E-state index in [1.807, 2.05) is 44.2 Å². The summed E-state index contributed by atoms with van der Waals surface area (Å²) in [5.74, 6) is -0.868. The van der Waals surface area contributed by atoms with Gasteiger partial charge in [0.05, 0.1) is 5.56 Å². The van der Waals surface area contributed by atoms with Gasteiger partial charge in [-0.05, 0) is 42.8 Å². The third kappa shape index (κ3) is 4.98. The van der Waals surface area contributed by atoms with E-state index in [4.69, 9.17) is 18.0 Å². The fourth-order valence-electron chi connectivity index (χ4n) is 2.38. The SMILES string of the molecule is CCc1c(C)sc(NC(=S)NC(=O)/C=C/c2ccccc2)c1C(N)=O. The summed E-state index contributed by atoms with van der Waals surface area (Å²) < 4.78 is 0. The van der Waals surface area contributed by atoms with Crippen molar-refractivity contribution in [2.45, 2.75) is 20.3 Å². The Labute approximate surface area is 155 Å². The predicted molar refractivity (Wildman–Crippen MR) is 107 cm³/mol. The molecule has 2 rings (SSSR count). The minimum absolute atomic E-state index is 0.120. The summed E-state index contributed by atoms with van der Waals surface area (Å²) in [5, 5.41) is 6.13. The van der Waals surface area contributed by atoms with Crippen molar-refractivity contribution in [3.05, 3.63) is 58.0 Å². The number of rotatable bonds is 5. The minimum atomic E-state index is -0.512. The predicted octanol–water partition coefficient (Wildman–Crippen LogP) is 3.24. The van der Waals surface area contributed by atoms with Gasteiger partial charge >= 0.3 is 0 Å². The van der Waals surface area contributed by atoms with Gasteiger partial charge in [0.15, 0.2) is 5.11 Å². The second kappa shape index (κ2) is 8.55. The van der Waals surface area contributed by atoms with E-state index in [1.165, 1.54) is 17.4 Å². The summed E-state index contributed by atoms with van der Waals surface area (Å²) in [6, 6.07) is 9.46. The first kappa shape index (κ1) is 18.8. The summed E-state index contributed by atoms with van der Waals surface area (Å²) in [7, 11) is 0. The number of nitrogens with two attached hydrogens (primary N) is 1. The van der Waals surface area contributed by atoms with Gasteiger partial charge in [0.25, 0.3) is 5.91 Å². The lowest BCUT2D eigenvalue weighted by Crippen LogP contribution is -2.33. The van der Waals surface area contributed by atoms with Gasteiger partial charge in [-0.15, -0.1) is 11.3 Å². The molecule has 0 radical (unpaired) electrons. The van der Waals surface area contributed by atoms with Gasteiger partial charge in [-0.3, -0.25) is 14.9 Å². The van der Waals surface area contributed by atoms with E-state index in [0.29, 0.717) is 17.0 Å². The molecule has 0 unspecified atom stereocenters. The highest BCUT2D eigenvalue weighted by atomic mass is 32.1. The van der Waals surface area contributed by atoms with Gasteiger partial charge in [-0.1, -0.05) is 37.3 Å². The number of aryl methyl sites for hydroxylation is 1. The Morgan fingerprint density at radius 1 is 1.28 bits per heavy atom. The molecule has 1 heterocycles. The van der Waals surface area contributed by atoms with E-state index in [0.717, 1.165) is 16.0 Å². The monoisotopic (exact) mass is 373 g/mol. The van der Waals surface area contributed by atoms with E-state index < -0.39 is 5.91 Å². The van der Waals surface area contributed by atoms with E-state index in [1.54, 1.807) is 6.08 Å². The summed E-state index contributed by atoms with van der Waals surface area (Å²) >= 11 is 6.55. The second-order valence-corrected chi connectivity index (χ2v) is 6.88. The zero-order valence-electron chi connectivity index (χ0n) is 14.0. The van der Waals surface area contributed by atoms with Crippen LogP contribution in [0.1, 0.15) is 33.3 Å². The first-order valence-electron chi connectivity index (χ1n) is 7.69. The van der Waals surface area contributed by atoms with Gasteiger partial charge in [-0.25, -0.2) is 0 Å². The van der Waals surface area contributed by atoms with Crippen LogP contribution >= 0.6 is 23.6 Å². The van der Waals surface area contributed by atoms with Crippen LogP contribution in [0.5, 0.6) is 0 Å². The fraction of sp³-hybridized carbons (Fsp3) is 0.167.